The van der Waals surface area contributed by atoms with Gasteiger partial charge < -0.3 is 10.2 Å². The minimum atomic E-state index is -0.216. The lowest BCUT2D eigenvalue weighted by atomic mass is 9.90. The van der Waals surface area contributed by atoms with Gasteiger partial charge in [0.05, 0.1) is 16.1 Å². The number of nitrogens with one attached hydrogen (secondary N) is 1. The molecule has 1 saturated heterocycles. The van der Waals surface area contributed by atoms with Crippen LogP contribution >= 0.6 is 11.6 Å². The number of halogens is 1. The van der Waals surface area contributed by atoms with E-state index in [0.29, 0.717) is 17.1 Å². The quantitative estimate of drug-likeness (QED) is 0.858. The van der Waals surface area contributed by atoms with Crippen molar-refractivity contribution in [1.82, 2.24) is 10.2 Å². The molecule has 1 heterocycles. The first-order valence-corrected chi connectivity index (χ1v) is 6.92. The maximum Gasteiger partial charge on any atom is 0.255 e. The van der Waals surface area contributed by atoms with Gasteiger partial charge in [-0.25, -0.2) is 0 Å². The molecule has 0 radical (unpaired) electrons. The molecular weight excluding hydrogens is 260 g/mol. The van der Waals surface area contributed by atoms with Crippen molar-refractivity contribution >= 4 is 17.5 Å². The molecule has 1 aliphatic rings. The Morgan fingerprint density at radius 2 is 1.89 bits per heavy atom. The van der Waals surface area contributed by atoms with Gasteiger partial charge in [0.1, 0.15) is 0 Å². The Morgan fingerprint density at radius 3 is 2.53 bits per heavy atom. The van der Waals surface area contributed by atoms with Crippen LogP contribution in [0.4, 0.5) is 0 Å². The van der Waals surface area contributed by atoms with Gasteiger partial charge in [-0.2, -0.15) is 0 Å². The molecule has 3 nitrogen and oxygen atoms in total. The number of hydrogen-bond donors (Lipinski definition) is 1. The third-order valence-corrected chi connectivity index (χ3v) is 3.96. The van der Waals surface area contributed by atoms with Gasteiger partial charge in [0.2, 0.25) is 0 Å². The van der Waals surface area contributed by atoms with E-state index in [4.69, 9.17) is 11.6 Å². The molecular formula is C15H21ClN2O. The molecule has 0 bridgehead atoms. The van der Waals surface area contributed by atoms with Crippen LogP contribution in [0, 0.1) is 0 Å². The molecule has 1 aromatic carbocycles. The van der Waals surface area contributed by atoms with Crippen molar-refractivity contribution in [3.63, 3.8) is 0 Å². The molecule has 1 aromatic rings. The third-order valence-electron chi connectivity index (χ3n) is 3.63. The van der Waals surface area contributed by atoms with Crippen LogP contribution in [0.25, 0.3) is 0 Å². The summed E-state index contributed by atoms with van der Waals surface area (Å²) in [4.78, 5) is 14.7. The summed E-state index contributed by atoms with van der Waals surface area (Å²) in [5.41, 5.74) is 0.285. The first-order chi connectivity index (χ1) is 8.73. The average Bonchev–Trinajstić information content (AvgIpc) is 2.33. The smallest absolute Gasteiger partial charge is 0.255 e. The van der Waals surface area contributed by atoms with Crippen molar-refractivity contribution in [2.24, 2.45) is 0 Å². The second kappa shape index (κ2) is 4.80. The highest BCUT2D eigenvalue weighted by Crippen LogP contribution is 2.27. The Morgan fingerprint density at radius 1 is 1.26 bits per heavy atom. The topological polar surface area (TPSA) is 32.3 Å². The zero-order chi connectivity index (χ0) is 14.3. The van der Waals surface area contributed by atoms with Crippen molar-refractivity contribution in [1.29, 1.82) is 0 Å². The van der Waals surface area contributed by atoms with Gasteiger partial charge in [0.25, 0.3) is 5.91 Å². The molecule has 1 amide bonds. The van der Waals surface area contributed by atoms with E-state index in [0.717, 1.165) is 6.54 Å². The highest BCUT2D eigenvalue weighted by molar-refractivity contribution is 6.33. The molecule has 0 atom stereocenters. The Hall–Kier alpha value is -1.06. The monoisotopic (exact) mass is 280 g/mol. The van der Waals surface area contributed by atoms with E-state index in [-0.39, 0.29) is 17.0 Å². The molecule has 4 heteroatoms. The second-order valence-electron chi connectivity index (χ2n) is 6.42. The summed E-state index contributed by atoms with van der Waals surface area (Å²) >= 11 is 6.14. The van der Waals surface area contributed by atoms with Crippen LogP contribution in [0.3, 0.4) is 0 Å². The summed E-state index contributed by atoms with van der Waals surface area (Å²) in [6.07, 6.45) is 0. The summed E-state index contributed by atoms with van der Waals surface area (Å²) in [5, 5.41) is 3.99. The molecule has 19 heavy (non-hydrogen) atoms. The van der Waals surface area contributed by atoms with Gasteiger partial charge in [0, 0.05) is 18.6 Å². The Balaban J connectivity index is 2.33. The molecule has 0 aromatic heterocycles. The fraction of sp³-hybridized carbons (Fsp3) is 0.533. The lowest BCUT2D eigenvalue weighted by molar-refractivity contribution is 0.0281. The van der Waals surface area contributed by atoms with Crippen molar-refractivity contribution in [3.8, 4) is 0 Å². The molecule has 1 fully saturated rings. The predicted molar refractivity (Wildman–Crippen MR) is 78.6 cm³/mol. The van der Waals surface area contributed by atoms with Crippen LogP contribution in [0.2, 0.25) is 5.02 Å². The fourth-order valence-electron chi connectivity index (χ4n) is 2.34. The van der Waals surface area contributed by atoms with Crippen LogP contribution in [0.1, 0.15) is 38.1 Å². The van der Waals surface area contributed by atoms with E-state index in [1.165, 1.54) is 0 Å². The fourth-order valence-corrected chi connectivity index (χ4v) is 2.56. The zero-order valence-electron chi connectivity index (χ0n) is 12.0. The second-order valence-corrected chi connectivity index (χ2v) is 6.83. The lowest BCUT2D eigenvalue weighted by Gasteiger charge is -2.49. The molecule has 0 saturated carbocycles. The van der Waals surface area contributed by atoms with Crippen molar-refractivity contribution in [2.45, 2.75) is 38.8 Å². The van der Waals surface area contributed by atoms with Crippen LogP contribution < -0.4 is 5.32 Å². The van der Waals surface area contributed by atoms with E-state index in [1.807, 2.05) is 17.0 Å². The van der Waals surface area contributed by atoms with Crippen LogP contribution in [-0.2, 0) is 0 Å². The van der Waals surface area contributed by atoms with Gasteiger partial charge in [0.15, 0.2) is 0 Å². The Bertz CT molecular complexity index is 497. The zero-order valence-corrected chi connectivity index (χ0v) is 12.7. The first-order valence-electron chi connectivity index (χ1n) is 6.54. The normalized spacial score (nSPS) is 21.2. The maximum atomic E-state index is 12.7. The lowest BCUT2D eigenvalue weighted by Crippen LogP contribution is -2.67. The largest absolute Gasteiger partial charge is 0.330 e. The Kier molecular flexibility index (Phi) is 3.63. The van der Waals surface area contributed by atoms with Gasteiger partial charge in [-0.3, -0.25) is 4.79 Å². The number of carbonyl (C=O) groups is 1. The maximum absolute atomic E-state index is 12.7. The minimum absolute atomic E-state index is 0.00479. The molecule has 0 spiro atoms. The van der Waals surface area contributed by atoms with E-state index in [1.54, 1.807) is 12.1 Å². The molecule has 0 aliphatic carbocycles. The number of benzene rings is 1. The number of hydrogen-bond acceptors (Lipinski definition) is 2. The third kappa shape index (κ3) is 2.93. The van der Waals surface area contributed by atoms with E-state index < -0.39 is 0 Å². The number of amides is 1. The standard InChI is InChI=1S/C15H21ClN2O/c1-14(2)10-18(15(3,4)9-17-14)13(19)11-7-5-6-8-12(11)16/h5-8,17H,9-10H2,1-4H3. The number of carbonyl (C=O) groups excluding carboxylic acids is 1. The van der Waals surface area contributed by atoms with Crippen molar-refractivity contribution < 1.29 is 4.79 Å². The molecule has 104 valence electrons. The highest BCUT2D eigenvalue weighted by atomic mass is 35.5. The summed E-state index contributed by atoms with van der Waals surface area (Å²) in [6.45, 7) is 9.80. The van der Waals surface area contributed by atoms with Crippen LogP contribution in [-0.4, -0.2) is 35.0 Å². The van der Waals surface area contributed by atoms with Crippen LogP contribution in [0.15, 0.2) is 24.3 Å². The van der Waals surface area contributed by atoms with Crippen molar-refractivity contribution in [3.05, 3.63) is 34.9 Å². The van der Waals surface area contributed by atoms with Gasteiger partial charge in [-0.05, 0) is 39.8 Å². The molecule has 2 rings (SSSR count). The highest BCUT2D eigenvalue weighted by Gasteiger charge is 2.40. The average molecular weight is 281 g/mol. The van der Waals surface area contributed by atoms with E-state index in [9.17, 15) is 4.79 Å². The van der Waals surface area contributed by atoms with Crippen LogP contribution in [0.5, 0.6) is 0 Å². The molecule has 1 N–H and O–H groups in total. The van der Waals surface area contributed by atoms with Gasteiger partial charge in [-0.15, -0.1) is 0 Å². The number of piperazine rings is 1. The number of rotatable bonds is 1. The SMILES string of the molecule is CC1(C)CN(C(=O)c2ccccc2Cl)C(C)(C)CN1. The summed E-state index contributed by atoms with van der Waals surface area (Å²) in [5.74, 6) is 0.00479. The minimum Gasteiger partial charge on any atom is -0.330 e. The summed E-state index contributed by atoms with van der Waals surface area (Å²) < 4.78 is 0. The first kappa shape index (κ1) is 14.4. The summed E-state index contributed by atoms with van der Waals surface area (Å²) in [7, 11) is 0. The van der Waals surface area contributed by atoms with E-state index >= 15 is 0 Å². The molecule has 1 aliphatic heterocycles. The summed E-state index contributed by atoms with van der Waals surface area (Å²) in [6, 6.07) is 7.23. The predicted octanol–water partition coefficient (Wildman–Crippen LogP) is 2.94. The Labute approximate surface area is 119 Å². The molecule has 0 unspecified atom stereocenters. The van der Waals surface area contributed by atoms with Gasteiger partial charge >= 0.3 is 0 Å². The van der Waals surface area contributed by atoms with Gasteiger partial charge in [-0.1, -0.05) is 23.7 Å². The van der Waals surface area contributed by atoms with E-state index in [2.05, 4.69) is 33.0 Å². The number of nitrogens with zero attached hydrogens (tertiary/aromatic N) is 1. The van der Waals surface area contributed by atoms with Crippen molar-refractivity contribution in [2.75, 3.05) is 13.1 Å².